The predicted octanol–water partition coefficient (Wildman–Crippen LogP) is 2.21. The number of nitrogens with one attached hydrogen (secondary N) is 1. The van der Waals surface area contributed by atoms with E-state index in [9.17, 15) is 0 Å². The van der Waals surface area contributed by atoms with E-state index in [0.717, 1.165) is 24.4 Å². The number of hydrogen-bond acceptors (Lipinski definition) is 1. The molecule has 0 amide bonds. The molecule has 1 atom stereocenters. The zero-order valence-corrected chi connectivity index (χ0v) is 9.00. The van der Waals surface area contributed by atoms with Crippen molar-refractivity contribution < 1.29 is 0 Å². The van der Waals surface area contributed by atoms with E-state index in [4.69, 9.17) is 6.42 Å². The summed E-state index contributed by atoms with van der Waals surface area (Å²) >= 11 is 0. The van der Waals surface area contributed by atoms with Crippen LogP contribution in [-0.4, -0.2) is 13.1 Å². The third-order valence-corrected chi connectivity index (χ3v) is 3.02. The molecule has 1 heterocycles. The highest BCUT2D eigenvalue weighted by atomic mass is 14.9. The van der Waals surface area contributed by atoms with Crippen molar-refractivity contribution in [2.24, 2.45) is 5.92 Å². The number of hydrogen-bond donors (Lipinski definition) is 1. The lowest BCUT2D eigenvalue weighted by Crippen LogP contribution is -2.30. The van der Waals surface area contributed by atoms with Crippen molar-refractivity contribution in [1.29, 1.82) is 0 Å². The molecule has 1 aliphatic heterocycles. The summed E-state index contributed by atoms with van der Waals surface area (Å²) in [5.41, 5.74) is 2.37. The van der Waals surface area contributed by atoms with Crippen molar-refractivity contribution >= 4 is 0 Å². The molecule has 0 saturated carbocycles. The molecule has 78 valence electrons. The largest absolute Gasteiger partial charge is 0.316 e. The van der Waals surface area contributed by atoms with Gasteiger partial charge in [0, 0.05) is 5.56 Å². The standard InChI is InChI=1S/C14H17N/c1-2-12-5-3-6-13(9-12)10-14-7-4-8-15-11-14/h1,3,5-6,9,14-15H,4,7-8,10-11H2. The Labute approximate surface area is 91.9 Å². The Morgan fingerprint density at radius 1 is 1.47 bits per heavy atom. The van der Waals surface area contributed by atoms with Gasteiger partial charge in [0.05, 0.1) is 0 Å². The Kier molecular flexibility index (Phi) is 3.42. The third kappa shape index (κ3) is 2.84. The molecule has 0 bridgehead atoms. The molecule has 2 rings (SSSR count). The van der Waals surface area contributed by atoms with E-state index in [1.807, 2.05) is 6.07 Å². The van der Waals surface area contributed by atoms with E-state index in [2.05, 4.69) is 29.4 Å². The van der Waals surface area contributed by atoms with Gasteiger partial charge in [-0.1, -0.05) is 18.1 Å². The van der Waals surface area contributed by atoms with Crippen LogP contribution in [0.15, 0.2) is 24.3 Å². The first-order valence-electron chi connectivity index (χ1n) is 5.65. The Bertz CT molecular complexity index is 356. The zero-order chi connectivity index (χ0) is 10.5. The number of piperidine rings is 1. The molecule has 1 unspecified atom stereocenters. The Morgan fingerprint density at radius 2 is 2.40 bits per heavy atom. The average molecular weight is 199 g/mol. The topological polar surface area (TPSA) is 12.0 Å². The van der Waals surface area contributed by atoms with Crippen molar-refractivity contribution in [3.8, 4) is 12.3 Å². The van der Waals surface area contributed by atoms with Gasteiger partial charge in [0.1, 0.15) is 0 Å². The van der Waals surface area contributed by atoms with Gasteiger partial charge in [0.2, 0.25) is 0 Å². The van der Waals surface area contributed by atoms with Gasteiger partial charge in [-0.25, -0.2) is 0 Å². The highest BCUT2D eigenvalue weighted by Crippen LogP contribution is 2.16. The summed E-state index contributed by atoms with van der Waals surface area (Å²) in [4.78, 5) is 0. The Balaban J connectivity index is 2.00. The summed E-state index contributed by atoms with van der Waals surface area (Å²) in [6.45, 7) is 2.33. The van der Waals surface area contributed by atoms with Crippen LogP contribution in [0.2, 0.25) is 0 Å². The van der Waals surface area contributed by atoms with E-state index in [-0.39, 0.29) is 0 Å². The van der Waals surface area contributed by atoms with Crippen LogP contribution in [0.5, 0.6) is 0 Å². The molecule has 15 heavy (non-hydrogen) atoms. The highest BCUT2D eigenvalue weighted by Gasteiger charge is 2.13. The van der Waals surface area contributed by atoms with E-state index < -0.39 is 0 Å². The smallest absolute Gasteiger partial charge is 0.0245 e. The maximum Gasteiger partial charge on any atom is 0.0245 e. The second kappa shape index (κ2) is 5.00. The predicted molar refractivity (Wildman–Crippen MR) is 63.7 cm³/mol. The molecule has 1 aromatic rings. The fourth-order valence-corrected chi connectivity index (χ4v) is 2.22. The highest BCUT2D eigenvalue weighted by molar-refractivity contribution is 5.35. The van der Waals surface area contributed by atoms with Crippen LogP contribution in [0.1, 0.15) is 24.0 Å². The van der Waals surface area contributed by atoms with Crippen LogP contribution in [0.3, 0.4) is 0 Å². The lowest BCUT2D eigenvalue weighted by Gasteiger charge is -2.22. The van der Waals surface area contributed by atoms with Crippen LogP contribution in [-0.2, 0) is 6.42 Å². The van der Waals surface area contributed by atoms with Crippen molar-refractivity contribution in [3.05, 3.63) is 35.4 Å². The second-order valence-corrected chi connectivity index (χ2v) is 4.26. The van der Waals surface area contributed by atoms with Crippen LogP contribution < -0.4 is 5.32 Å². The maximum absolute atomic E-state index is 5.39. The Morgan fingerprint density at radius 3 is 3.13 bits per heavy atom. The second-order valence-electron chi connectivity index (χ2n) is 4.26. The number of benzene rings is 1. The number of terminal acetylenes is 1. The van der Waals surface area contributed by atoms with Crippen molar-refractivity contribution in [1.82, 2.24) is 5.32 Å². The fraction of sp³-hybridized carbons (Fsp3) is 0.429. The minimum atomic E-state index is 0.784. The summed E-state index contributed by atoms with van der Waals surface area (Å²) in [6, 6.07) is 8.35. The van der Waals surface area contributed by atoms with Gasteiger partial charge < -0.3 is 5.32 Å². The first-order chi connectivity index (χ1) is 7.38. The SMILES string of the molecule is C#Cc1cccc(CC2CCCNC2)c1. The molecular formula is C14H17N. The van der Waals surface area contributed by atoms with Crippen LogP contribution >= 0.6 is 0 Å². The zero-order valence-electron chi connectivity index (χ0n) is 9.00. The first-order valence-corrected chi connectivity index (χ1v) is 5.65. The molecule has 1 heteroatoms. The quantitative estimate of drug-likeness (QED) is 0.720. The molecular weight excluding hydrogens is 182 g/mol. The molecule has 0 aromatic heterocycles. The number of rotatable bonds is 2. The summed E-state index contributed by atoms with van der Waals surface area (Å²) in [5.74, 6) is 3.47. The summed E-state index contributed by atoms with van der Waals surface area (Å²) in [7, 11) is 0. The molecule has 0 radical (unpaired) electrons. The van der Waals surface area contributed by atoms with Crippen molar-refractivity contribution in [2.45, 2.75) is 19.3 Å². The minimum absolute atomic E-state index is 0.784. The monoisotopic (exact) mass is 199 g/mol. The van der Waals surface area contributed by atoms with Crippen molar-refractivity contribution in [2.75, 3.05) is 13.1 Å². The molecule has 1 N–H and O–H groups in total. The van der Waals surface area contributed by atoms with Gasteiger partial charge in [0.15, 0.2) is 0 Å². The third-order valence-electron chi connectivity index (χ3n) is 3.02. The fourth-order valence-electron chi connectivity index (χ4n) is 2.22. The van der Waals surface area contributed by atoms with Gasteiger partial charge in [-0.2, -0.15) is 0 Å². The molecule has 0 aliphatic carbocycles. The molecule has 1 aromatic carbocycles. The normalized spacial score (nSPS) is 20.9. The molecule has 0 spiro atoms. The molecule has 1 aliphatic rings. The summed E-state index contributed by atoms with van der Waals surface area (Å²) < 4.78 is 0. The minimum Gasteiger partial charge on any atom is -0.316 e. The van der Waals surface area contributed by atoms with E-state index >= 15 is 0 Å². The first kappa shape index (κ1) is 10.3. The van der Waals surface area contributed by atoms with Gasteiger partial charge in [0.25, 0.3) is 0 Å². The van der Waals surface area contributed by atoms with Gasteiger partial charge in [-0.05, 0) is 56.0 Å². The molecule has 1 saturated heterocycles. The van der Waals surface area contributed by atoms with Gasteiger partial charge in [-0.3, -0.25) is 0 Å². The van der Waals surface area contributed by atoms with Gasteiger partial charge in [-0.15, -0.1) is 6.42 Å². The lowest BCUT2D eigenvalue weighted by molar-refractivity contribution is 0.376. The van der Waals surface area contributed by atoms with E-state index in [1.54, 1.807) is 0 Å². The maximum atomic E-state index is 5.39. The lowest BCUT2D eigenvalue weighted by atomic mass is 9.92. The molecule has 1 fully saturated rings. The van der Waals surface area contributed by atoms with E-state index in [0.29, 0.717) is 0 Å². The van der Waals surface area contributed by atoms with Gasteiger partial charge >= 0.3 is 0 Å². The summed E-state index contributed by atoms with van der Waals surface area (Å²) in [6.07, 6.45) is 9.19. The van der Waals surface area contributed by atoms with Crippen LogP contribution in [0.25, 0.3) is 0 Å². The Hall–Kier alpha value is -1.26. The van der Waals surface area contributed by atoms with Crippen LogP contribution in [0.4, 0.5) is 0 Å². The summed E-state index contributed by atoms with van der Waals surface area (Å²) in [5, 5.41) is 3.44. The van der Waals surface area contributed by atoms with E-state index in [1.165, 1.54) is 24.9 Å². The van der Waals surface area contributed by atoms with Crippen molar-refractivity contribution in [3.63, 3.8) is 0 Å². The van der Waals surface area contributed by atoms with Crippen LogP contribution in [0, 0.1) is 18.3 Å². The average Bonchev–Trinajstić information content (AvgIpc) is 2.31. The molecule has 1 nitrogen and oxygen atoms in total.